The summed E-state index contributed by atoms with van der Waals surface area (Å²) in [6.45, 7) is 6.49. The molecule has 152 valence electrons. The molecule has 1 aromatic carbocycles. The van der Waals surface area contributed by atoms with Gasteiger partial charge in [0, 0.05) is 25.1 Å². The Morgan fingerprint density at radius 2 is 1.93 bits per heavy atom. The van der Waals surface area contributed by atoms with Gasteiger partial charge in [0.25, 0.3) is 0 Å². The van der Waals surface area contributed by atoms with Crippen LogP contribution in [-0.4, -0.2) is 47.4 Å². The zero-order chi connectivity index (χ0) is 20.3. The number of nitrogens with zero attached hydrogens (tertiary/aromatic N) is 3. The Kier molecular flexibility index (Phi) is 6.20. The highest BCUT2D eigenvalue weighted by molar-refractivity contribution is 7.89. The lowest BCUT2D eigenvalue weighted by Gasteiger charge is -2.27. The van der Waals surface area contributed by atoms with Crippen molar-refractivity contribution in [2.24, 2.45) is 0 Å². The summed E-state index contributed by atoms with van der Waals surface area (Å²) < 4.78 is 33.7. The van der Waals surface area contributed by atoms with E-state index in [9.17, 15) is 13.2 Å². The van der Waals surface area contributed by atoms with Crippen molar-refractivity contribution >= 4 is 16.0 Å². The van der Waals surface area contributed by atoms with Gasteiger partial charge >= 0.3 is 5.97 Å². The number of carbonyl (C=O) groups is 1. The Morgan fingerprint density at radius 1 is 1.21 bits per heavy atom. The fourth-order valence-electron chi connectivity index (χ4n) is 3.35. The van der Waals surface area contributed by atoms with Crippen molar-refractivity contribution < 1.29 is 17.9 Å². The van der Waals surface area contributed by atoms with Gasteiger partial charge in [0.05, 0.1) is 23.7 Å². The maximum Gasteiger partial charge on any atom is 0.359 e. The maximum atomic E-state index is 12.7. The van der Waals surface area contributed by atoms with Gasteiger partial charge in [-0.15, -0.1) is 0 Å². The molecular formula is C20H27N3O4S. The van der Waals surface area contributed by atoms with E-state index in [0.717, 1.165) is 23.4 Å². The van der Waals surface area contributed by atoms with Crippen molar-refractivity contribution in [3.05, 3.63) is 46.8 Å². The molecule has 0 spiro atoms. The van der Waals surface area contributed by atoms with E-state index in [1.54, 1.807) is 11.6 Å². The van der Waals surface area contributed by atoms with Gasteiger partial charge in [-0.3, -0.25) is 0 Å². The number of sulfonamides is 1. The smallest absolute Gasteiger partial charge is 0.359 e. The molecule has 0 aliphatic carbocycles. The Labute approximate surface area is 166 Å². The fraction of sp³-hybridized carbons (Fsp3) is 0.500. The van der Waals surface area contributed by atoms with Gasteiger partial charge < -0.3 is 4.74 Å². The van der Waals surface area contributed by atoms with Crippen LogP contribution in [0.1, 0.15) is 54.0 Å². The highest BCUT2D eigenvalue weighted by Crippen LogP contribution is 2.28. The van der Waals surface area contributed by atoms with Crippen molar-refractivity contribution in [3.8, 4) is 5.69 Å². The summed E-state index contributed by atoms with van der Waals surface area (Å²) in [5.41, 5.74) is 3.69. The normalized spacial score (nSPS) is 14.7. The molecule has 1 aromatic heterocycles. The molecule has 1 aliphatic rings. The van der Waals surface area contributed by atoms with Crippen molar-refractivity contribution in [2.45, 2.75) is 46.6 Å². The SMILES string of the molecule is CCCCS(=O)(=O)N1CCc2c(c(C(=O)OCC)nn2-c2ccc(C)cc2)C1. The van der Waals surface area contributed by atoms with Crippen LogP contribution in [0.3, 0.4) is 0 Å². The first-order valence-electron chi connectivity index (χ1n) is 9.70. The van der Waals surface area contributed by atoms with Gasteiger partial charge in [0.1, 0.15) is 0 Å². The lowest BCUT2D eigenvalue weighted by atomic mass is 10.1. The van der Waals surface area contributed by atoms with Crippen LogP contribution >= 0.6 is 0 Å². The number of esters is 1. The van der Waals surface area contributed by atoms with Gasteiger partial charge in [0.15, 0.2) is 5.69 Å². The molecular weight excluding hydrogens is 378 g/mol. The molecule has 0 N–H and O–H groups in total. The molecule has 7 nitrogen and oxygen atoms in total. The fourth-order valence-corrected chi connectivity index (χ4v) is 4.96. The number of unbranched alkanes of at least 4 members (excludes halogenated alkanes) is 1. The van der Waals surface area contributed by atoms with Crippen LogP contribution in [0, 0.1) is 6.92 Å². The molecule has 3 rings (SSSR count). The Hall–Kier alpha value is -2.19. The molecule has 0 unspecified atom stereocenters. The van der Waals surface area contributed by atoms with E-state index in [1.807, 2.05) is 38.1 Å². The number of rotatable bonds is 7. The minimum absolute atomic E-state index is 0.125. The molecule has 28 heavy (non-hydrogen) atoms. The zero-order valence-corrected chi connectivity index (χ0v) is 17.5. The first kappa shape index (κ1) is 20.5. The largest absolute Gasteiger partial charge is 0.461 e. The average molecular weight is 406 g/mol. The number of aromatic nitrogens is 2. The van der Waals surface area contributed by atoms with Crippen LogP contribution in [0.4, 0.5) is 0 Å². The van der Waals surface area contributed by atoms with Gasteiger partial charge in [-0.05, 0) is 32.4 Å². The van der Waals surface area contributed by atoms with E-state index in [1.165, 1.54) is 4.31 Å². The van der Waals surface area contributed by atoms with Crippen molar-refractivity contribution in [1.82, 2.24) is 14.1 Å². The van der Waals surface area contributed by atoms with Crippen molar-refractivity contribution in [2.75, 3.05) is 18.9 Å². The summed E-state index contributed by atoms with van der Waals surface area (Å²) in [5.74, 6) is -0.392. The second-order valence-electron chi connectivity index (χ2n) is 6.99. The summed E-state index contributed by atoms with van der Waals surface area (Å²) in [6, 6.07) is 7.86. The molecule has 1 aliphatic heterocycles. The van der Waals surface area contributed by atoms with Crippen LogP contribution in [0.15, 0.2) is 24.3 Å². The minimum Gasteiger partial charge on any atom is -0.461 e. The number of hydrogen-bond donors (Lipinski definition) is 0. The molecule has 0 amide bonds. The first-order valence-corrected chi connectivity index (χ1v) is 11.3. The number of hydrogen-bond acceptors (Lipinski definition) is 5. The summed E-state index contributed by atoms with van der Waals surface area (Å²) >= 11 is 0. The van der Waals surface area contributed by atoms with E-state index >= 15 is 0 Å². The maximum absolute atomic E-state index is 12.7. The monoisotopic (exact) mass is 405 g/mol. The molecule has 0 saturated heterocycles. The van der Waals surface area contributed by atoms with Crippen LogP contribution in [0.5, 0.6) is 0 Å². The van der Waals surface area contributed by atoms with Crippen molar-refractivity contribution in [3.63, 3.8) is 0 Å². The van der Waals surface area contributed by atoms with Crippen LogP contribution in [-0.2, 0) is 27.7 Å². The molecule has 8 heteroatoms. The van der Waals surface area contributed by atoms with Crippen LogP contribution in [0.2, 0.25) is 0 Å². The van der Waals surface area contributed by atoms with Crippen LogP contribution in [0.25, 0.3) is 5.69 Å². The number of aryl methyl sites for hydroxylation is 1. The van der Waals surface area contributed by atoms with Gasteiger partial charge in [-0.1, -0.05) is 31.0 Å². The molecule has 0 bridgehead atoms. The lowest BCUT2D eigenvalue weighted by molar-refractivity contribution is 0.0517. The molecule has 0 fully saturated rings. The van der Waals surface area contributed by atoms with Crippen molar-refractivity contribution in [1.29, 1.82) is 0 Å². The van der Waals surface area contributed by atoms with Crippen LogP contribution < -0.4 is 0 Å². The second kappa shape index (κ2) is 8.45. The predicted molar refractivity (Wildman–Crippen MR) is 107 cm³/mol. The molecule has 2 aromatic rings. The summed E-state index contributed by atoms with van der Waals surface area (Å²) in [4.78, 5) is 12.5. The number of ether oxygens (including phenoxy) is 1. The quantitative estimate of drug-likeness (QED) is 0.662. The zero-order valence-electron chi connectivity index (χ0n) is 16.6. The summed E-state index contributed by atoms with van der Waals surface area (Å²) in [7, 11) is -3.36. The van der Waals surface area contributed by atoms with E-state index in [0.29, 0.717) is 24.9 Å². The Balaban J connectivity index is 2.01. The van der Waals surface area contributed by atoms with Gasteiger partial charge in [-0.2, -0.15) is 9.40 Å². The van der Waals surface area contributed by atoms with E-state index in [-0.39, 0.29) is 24.6 Å². The Morgan fingerprint density at radius 3 is 2.57 bits per heavy atom. The lowest BCUT2D eigenvalue weighted by Crippen LogP contribution is -2.38. The highest BCUT2D eigenvalue weighted by atomic mass is 32.2. The topological polar surface area (TPSA) is 81.5 Å². The molecule has 0 radical (unpaired) electrons. The number of benzene rings is 1. The highest BCUT2D eigenvalue weighted by Gasteiger charge is 2.33. The third-order valence-electron chi connectivity index (χ3n) is 4.92. The average Bonchev–Trinajstić information content (AvgIpc) is 3.06. The first-order chi connectivity index (χ1) is 13.4. The van der Waals surface area contributed by atoms with Gasteiger partial charge in [0.2, 0.25) is 10.0 Å². The summed E-state index contributed by atoms with van der Waals surface area (Å²) in [5, 5.41) is 4.51. The molecule has 0 atom stereocenters. The van der Waals surface area contributed by atoms with E-state index in [4.69, 9.17) is 4.74 Å². The van der Waals surface area contributed by atoms with Gasteiger partial charge in [-0.25, -0.2) is 17.9 Å². The third kappa shape index (κ3) is 4.12. The third-order valence-corrected chi connectivity index (χ3v) is 6.82. The number of carbonyl (C=O) groups excluding carboxylic acids is 1. The summed E-state index contributed by atoms with van der Waals surface area (Å²) in [6.07, 6.45) is 1.94. The predicted octanol–water partition coefficient (Wildman–Crippen LogP) is 2.85. The molecule has 0 saturated carbocycles. The molecule has 2 heterocycles. The second-order valence-corrected chi connectivity index (χ2v) is 9.08. The Bertz CT molecular complexity index is 949. The van der Waals surface area contributed by atoms with E-state index < -0.39 is 16.0 Å². The standard InChI is InChI=1S/C20H27N3O4S/c1-4-6-13-28(25,26)22-12-11-18-17(14-22)19(20(24)27-5-2)21-23(18)16-9-7-15(3)8-10-16/h7-10H,4-6,11-14H2,1-3H3. The minimum atomic E-state index is -3.36. The number of fused-ring (bicyclic) bond motifs is 1. The van der Waals surface area contributed by atoms with E-state index in [2.05, 4.69) is 5.10 Å².